The average molecular weight is 198 g/mol. The first-order valence-corrected chi connectivity index (χ1v) is 5.09. The second-order valence-electron chi connectivity index (χ2n) is 4.07. The summed E-state index contributed by atoms with van der Waals surface area (Å²) in [7, 11) is 0. The van der Waals surface area contributed by atoms with Gasteiger partial charge >= 0.3 is 0 Å². The molecule has 0 radical (unpaired) electrons. The number of fused-ring (bicyclic) bond motifs is 1. The van der Waals surface area contributed by atoms with E-state index in [1.54, 1.807) is 0 Å². The van der Waals surface area contributed by atoms with Crippen molar-refractivity contribution in [1.29, 1.82) is 5.26 Å². The molecule has 1 aromatic heterocycles. The summed E-state index contributed by atoms with van der Waals surface area (Å²) < 4.78 is 0. The molecular weight excluding hydrogens is 184 g/mol. The minimum Gasteiger partial charge on any atom is -0.358 e. The van der Waals surface area contributed by atoms with Crippen molar-refractivity contribution in [3.8, 4) is 6.07 Å². The molecule has 1 heterocycles. The number of aromatic nitrogens is 1. The summed E-state index contributed by atoms with van der Waals surface area (Å²) in [6.07, 6.45) is 0.481. The summed E-state index contributed by atoms with van der Waals surface area (Å²) in [5.74, 6) is 0. The summed E-state index contributed by atoms with van der Waals surface area (Å²) in [5.41, 5.74) is 5.92. The third-order valence-corrected chi connectivity index (χ3v) is 2.83. The zero-order chi connectivity index (χ0) is 11.0. The Balaban J connectivity index is 2.81. The van der Waals surface area contributed by atoms with Gasteiger partial charge in [0.15, 0.2) is 0 Å². The second-order valence-corrected chi connectivity index (χ2v) is 4.07. The molecule has 0 fully saturated rings. The van der Waals surface area contributed by atoms with Crippen LogP contribution in [-0.4, -0.2) is 4.98 Å². The van der Waals surface area contributed by atoms with Gasteiger partial charge in [-0.3, -0.25) is 0 Å². The number of nitrogens with one attached hydrogen (secondary N) is 1. The molecule has 0 spiro atoms. The summed E-state index contributed by atoms with van der Waals surface area (Å²) >= 11 is 0. The van der Waals surface area contributed by atoms with Crippen molar-refractivity contribution in [2.24, 2.45) is 0 Å². The number of aromatic amines is 1. The van der Waals surface area contributed by atoms with E-state index in [4.69, 9.17) is 5.26 Å². The Morgan fingerprint density at radius 3 is 2.67 bits per heavy atom. The van der Waals surface area contributed by atoms with Crippen molar-refractivity contribution < 1.29 is 0 Å². The minimum atomic E-state index is 0.481. The van der Waals surface area contributed by atoms with Crippen LogP contribution in [0.1, 0.15) is 22.4 Å². The topological polar surface area (TPSA) is 39.6 Å². The Morgan fingerprint density at radius 2 is 2.00 bits per heavy atom. The fraction of sp³-hybridized carbons (Fsp3) is 0.308. The van der Waals surface area contributed by atoms with Crippen LogP contribution in [0, 0.1) is 32.1 Å². The Morgan fingerprint density at radius 1 is 1.27 bits per heavy atom. The second kappa shape index (κ2) is 3.43. The van der Waals surface area contributed by atoms with E-state index in [2.05, 4.69) is 37.0 Å². The molecule has 15 heavy (non-hydrogen) atoms. The molecule has 2 rings (SSSR count). The van der Waals surface area contributed by atoms with Gasteiger partial charge in [0.05, 0.1) is 12.5 Å². The number of benzene rings is 1. The van der Waals surface area contributed by atoms with Gasteiger partial charge < -0.3 is 4.98 Å². The van der Waals surface area contributed by atoms with Gasteiger partial charge in [-0.05, 0) is 38.0 Å². The number of rotatable bonds is 1. The van der Waals surface area contributed by atoms with Gasteiger partial charge in [-0.2, -0.15) is 5.26 Å². The van der Waals surface area contributed by atoms with Crippen LogP contribution in [-0.2, 0) is 6.42 Å². The van der Waals surface area contributed by atoms with Crippen LogP contribution >= 0.6 is 0 Å². The molecule has 0 amide bonds. The molecule has 0 bridgehead atoms. The summed E-state index contributed by atoms with van der Waals surface area (Å²) in [6.45, 7) is 6.22. The molecule has 2 nitrogen and oxygen atoms in total. The molecule has 0 saturated carbocycles. The zero-order valence-corrected chi connectivity index (χ0v) is 9.31. The number of hydrogen-bond donors (Lipinski definition) is 1. The molecule has 1 N–H and O–H groups in total. The van der Waals surface area contributed by atoms with Gasteiger partial charge in [0.25, 0.3) is 0 Å². The summed E-state index contributed by atoms with van der Waals surface area (Å²) in [5, 5.41) is 10.00. The zero-order valence-electron chi connectivity index (χ0n) is 9.31. The molecule has 76 valence electrons. The van der Waals surface area contributed by atoms with E-state index in [-0.39, 0.29) is 0 Å². The number of hydrogen-bond acceptors (Lipinski definition) is 1. The van der Waals surface area contributed by atoms with Gasteiger partial charge in [0.1, 0.15) is 0 Å². The largest absolute Gasteiger partial charge is 0.358 e. The van der Waals surface area contributed by atoms with Crippen LogP contribution in [0.2, 0.25) is 0 Å². The third kappa shape index (κ3) is 1.50. The van der Waals surface area contributed by atoms with E-state index in [1.807, 2.05) is 6.92 Å². The quantitative estimate of drug-likeness (QED) is 0.751. The molecule has 0 aliphatic carbocycles. The maximum atomic E-state index is 8.80. The SMILES string of the molecule is Cc1cc(C)c2[nH]c(C)c(CC#N)c2c1. The predicted molar refractivity (Wildman–Crippen MR) is 61.8 cm³/mol. The molecular formula is C13H14N2. The van der Waals surface area contributed by atoms with E-state index < -0.39 is 0 Å². The van der Waals surface area contributed by atoms with E-state index in [1.165, 1.54) is 22.0 Å². The number of H-pyrrole nitrogens is 1. The lowest BCUT2D eigenvalue weighted by Crippen LogP contribution is -1.83. The molecule has 2 aromatic rings. The van der Waals surface area contributed by atoms with Crippen molar-refractivity contribution in [1.82, 2.24) is 4.98 Å². The Hall–Kier alpha value is -1.75. The Bertz CT molecular complexity index is 556. The van der Waals surface area contributed by atoms with Crippen molar-refractivity contribution in [2.75, 3.05) is 0 Å². The fourth-order valence-electron chi connectivity index (χ4n) is 2.14. The van der Waals surface area contributed by atoms with Gasteiger partial charge in [-0.15, -0.1) is 0 Å². The van der Waals surface area contributed by atoms with Crippen LogP contribution in [0.15, 0.2) is 12.1 Å². The first kappa shape index (κ1) is 9.79. The first-order chi connectivity index (χ1) is 7.13. The minimum absolute atomic E-state index is 0.481. The van der Waals surface area contributed by atoms with Crippen LogP contribution in [0.4, 0.5) is 0 Å². The number of aryl methyl sites for hydroxylation is 3. The lowest BCUT2D eigenvalue weighted by atomic mass is 10.0. The molecule has 0 saturated heterocycles. The first-order valence-electron chi connectivity index (χ1n) is 5.09. The molecule has 1 aromatic carbocycles. The van der Waals surface area contributed by atoms with Crippen LogP contribution in [0.25, 0.3) is 10.9 Å². The highest BCUT2D eigenvalue weighted by molar-refractivity contribution is 5.88. The van der Waals surface area contributed by atoms with Crippen molar-refractivity contribution in [3.63, 3.8) is 0 Å². The smallest absolute Gasteiger partial charge is 0.0670 e. The van der Waals surface area contributed by atoms with E-state index in [0.29, 0.717) is 6.42 Å². The lowest BCUT2D eigenvalue weighted by molar-refractivity contribution is 1.19. The maximum absolute atomic E-state index is 8.80. The lowest BCUT2D eigenvalue weighted by Gasteiger charge is -1.99. The van der Waals surface area contributed by atoms with E-state index in [0.717, 1.165) is 11.3 Å². The van der Waals surface area contributed by atoms with Crippen molar-refractivity contribution in [2.45, 2.75) is 27.2 Å². The Labute approximate surface area is 89.5 Å². The monoisotopic (exact) mass is 198 g/mol. The molecule has 0 aliphatic heterocycles. The van der Waals surface area contributed by atoms with E-state index in [9.17, 15) is 0 Å². The Kier molecular flexibility index (Phi) is 2.24. The van der Waals surface area contributed by atoms with E-state index >= 15 is 0 Å². The van der Waals surface area contributed by atoms with Gasteiger partial charge in [0.2, 0.25) is 0 Å². The highest BCUT2D eigenvalue weighted by atomic mass is 14.7. The maximum Gasteiger partial charge on any atom is 0.0670 e. The standard InChI is InChI=1S/C13H14N2/c1-8-6-9(2)13-12(7-8)11(4-5-14)10(3)15-13/h6-7,15H,4H2,1-3H3. The summed E-state index contributed by atoms with van der Waals surface area (Å²) in [4.78, 5) is 3.36. The average Bonchev–Trinajstić information content (AvgIpc) is 2.46. The fourth-order valence-corrected chi connectivity index (χ4v) is 2.14. The number of nitriles is 1. The van der Waals surface area contributed by atoms with Crippen LogP contribution in [0.5, 0.6) is 0 Å². The highest BCUT2D eigenvalue weighted by Gasteiger charge is 2.09. The highest BCUT2D eigenvalue weighted by Crippen LogP contribution is 2.26. The van der Waals surface area contributed by atoms with Crippen LogP contribution in [0.3, 0.4) is 0 Å². The van der Waals surface area contributed by atoms with Crippen molar-refractivity contribution >= 4 is 10.9 Å². The predicted octanol–water partition coefficient (Wildman–Crippen LogP) is 3.16. The molecule has 0 aliphatic rings. The third-order valence-electron chi connectivity index (χ3n) is 2.83. The van der Waals surface area contributed by atoms with Gasteiger partial charge in [-0.25, -0.2) is 0 Å². The summed E-state index contributed by atoms with van der Waals surface area (Å²) in [6, 6.07) is 6.53. The van der Waals surface area contributed by atoms with Crippen molar-refractivity contribution in [3.05, 3.63) is 34.5 Å². The molecule has 0 unspecified atom stereocenters. The normalized spacial score (nSPS) is 10.5. The molecule has 0 atom stereocenters. The van der Waals surface area contributed by atoms with Gasteiger partial charge in [-0.1, -0.05) is 11.6 Å². The van der Waals surface area contributed by atoms with Crippen LogP contribution < -0.4 is 0 Å². The molecule has 2 heteroatoms. The van der Waals surface area contributed by atoms with Gasteiger partial charge in [0, 0.05) is 16.6 Å². The number of nitrogens with zero attached hydrogens (tertiary/aromatic N) is 1.